The molecule has 0 spiro atoms. The van der Waals surface area contributed by atoms with Crippen LogP contribution in [0.4, 0.5) is 10.2 Å². The van der Waals surface area contributed by atoms with Crippen LogP contribution in [0.1, 0.15) is 17.7 Å². The summed E-state index contributed by atoms with van der Waals surface area (Å²) in [5.74, 6) is 0.431. The molecular weight excluding hydrogens is 453 g/mol. The van der Waals surface area contributed by atoms with Crippen LogP contribution in [0.2, 0.25) is 0 Å². The molecule has 0 aliphatic carbocycles. The van der Waals surface area contributed by atoms with E-state index in [1.54, 1.807) is 12.1 Å². The summed E-state index contributed by atoms with van der Waals surface area (Å²) in [7, 11) is 0. The Kier molecular flexibility index (Phi) is 6.76. The number of anilines is 1. The average Bonchev–Trinajstić information content (AvgIpc) is 2.84. The molecule has 1 aromatic carbocycles. The Morgan fingerprint density at radius 2 is 2.11 bits per heavy atom. The zero-order valence-electron chi connectivity index (χ0n) is 19.2. The second-order valence-corrected chi connectivity index (χ2v) is 9.14. The number of carbonyl (C=O) groups excluding carboxylic acids is 1. The van der Waals surface area contributed by atoms with Crippen molar-refractivity contribution in [1.82, 2.24) is 20.2 Å². The number of hydrogen-bond acceptors (Lipinski definition) is 7. The molecule has 0 radical (unpaired) electrons. The summed E-state index contributed by atoms with van der Waals surface area (Å²) >= 11 is 0. The summed E-state index contributed by atoms with van der Waals surface area (Å²) in [6.07, 6.45) is 0.841. The van der Waals surface area contributed by atoms with E-state index in [9.17, 15) is 19.1 Å². The van der Waals surface area contributed by atoms with Crippen LogP contribution in [0.5, 0.6) is 5.75 Å². The molecule has 10 heteroatoms. The molecule has 3 aromatic rings. The van der Waals surface area contributed by atoms with E-state index in [-0.39, 0.29) is 29.8 Å². The molecule has 4 heterocycles. The molecule has 2 atom stereocenters. The monoisotopic (exact) mass is 481 g/mol. The maximum Gasteiger partial charge on any atom is 0.263 e. The summed E-state index contributed by atoms with van der Waals surface area (Å²) in [5, 5.41) is 17.4. The molecule has 184 valence electrons. The Morgan fingerprint density at radius 1 is 1.23 bits per heavy atom. The summed E-state index contributed by atoms with van der Waals surface area (Å²) in [6, 6.07) is 9.85. The maximum atomic E-state index is 13.4. The molecule has 2 aromatic heterocycles. The van der Waals surface area contributed by atoms with Crippen LogP contribution in [0, 0.1) is 11.7 Å². The number of rotatable bonds is 7. The number of H-pyrrole nitrogens is 1. The Balaban J connectivity index is 1.14. The minimum atomic E-state index is -0.401. The van der Waals surface area contributed by atoms with Crippen molar-refractivity contribution in [2.24, 2.45) is 5.92 Å². The SMILES string of the molecule is O=C1COc2ccc(CNC[C@@H]3CN(CCc4cc5ccc(F)cc5[nH]c4=O)CC[C@@H]3O)nc2N1. The lowest BCUT2D eigenvalue weighted by Gasteiger charge is -2.36. The van der Waals surface area contributed by atoms with Crippen LogP contribution >= 0.6 is 0 Å². The number of aliphatic hydroxyl groups excluding tert-OH is 1. The fourth-order valence-corrected chi connectivity index (χ4v) is 4.67. The normalized spacial score (nSPS) is 20.3. The first-order valence-electron chi connectivity index (χ1n) is 11.8. The number of aromatic amines is 1. The predicted octanol–water partition coefficient (Wildman–Crippen LogP) is 1.41. The molecule has 0 bridgehead atoms. The van der Waals surface area contributed by atoms with Crippen molar-refractivity contribution in [3.8, 4) is 5.75 Å². The van der Waals surface area contributed by atoms with Crippen molar-refractivity contribution in [2.75, 3.05) is 38.1 Å². The maximum absolute atomic E-state index is 13.4. The topological polar surface area (TPSA) is 120 Å². The Hall–Kier alpha value is -3.34. The van der Waals surface area contributed by atoms with Gasteiger partial charge < -0.3 is 30.4 Å². The van der Waals surface area contributed by atoms with E-state index in [0.29, 0.717) is 61.7 Å². The van der Waals surface area contributed by atoms with Gasteiger partial charge in [0.15, 0.2) is 18.2 Å². The molecule has 0 saturated carbocycles. The van der Waals surface area contributed by atoms with Gasteiger partial charge in [-0.25, -0.2) is 9.37 Å². The molecular formula is C25H28FN5O4. The Labute approximate surface area is 201 Å². The quantitative estimate of drug-likeness (QED) is 0.403. The highest BCUT2D eigenvalue weighted by Crippen LogP contribution is 2.25. The zero-order chi connectivity index (χ0) is 24.4. The lowest BCUT2D eigenvalue weighted by Crippen LogP contribution is -2.47. The number of likely N-dealkylation sites (tertiary alicyclic amines) is 1. The van der Waals surface area contributed by atoms with E-state index in [1.807, 2.05) is 12.1 Å². The number of nitrogens with one attached hydrogen (secondary N) is 3. The molecule has 1 amide bonds. The van der Waals surface area contributed by atoms with Gasteiger partial charge in [0.25, 0.3) is 11.5 Å². The van der Waals surface area contributed by atoms with Crippen molar-refractivity contribution in [2.45, 2.75) is 25.5 Å². The Morgan fingerprint density at radius 3 is 3.00 bits per heavy atom. The molecule has 35 heavy (non-hydrogen) atoms. The van der Waals surface area contributed by atoms with E-state index in [1.165, 1.54) is 12.1 Å². The van der Waals surface area contributed by atoms with Gasteiger partial charge in [-0.05, 0) is 54.6 Å². The minimum absolute atomic E-state index is 0.00240. The Bertz CT molecular complexity index is 1300. The first kappa shape index (κ1) is 23.4. The lowest BCUT2D eigenvalue weighted by atomic mass is 9.94. The van der Waals surface area contributed by atoms with E-state index in [0.717, 1.165) is 17.6 Å². The number of aromatic nitrogens is 2. The third-order valence-corrected chi connectivity index (χ3v) is 6.61. The first-order valence-corrected chi connectivity index (χ1v) is 11.8. The molecule has 1 saturated heterocycles. The number of fused-ring (bicyclic) bond motifs is 2. The number of benzene rings is 1. The van der Waals surface area contributed by atoms with E-state index in [4.69, 9.17) is 4.74 Å². The second-order valence-electron chi connectivity index (χ2n) is 9.14. The number of halogens is 1. The molecule has 4 N–H and O–H groups in total. The fraction of sp³-hybridized carbons (Fsp3) is 0.400. The molecule has 2 aliphatic heterocycles. The van der Waals surface area contributed by atoms with E-state index in [2.05, 4.69) is 25.5 Å². The zero-order valence-corrected chi connectivity index (χ0v) is 19.2. The number of ether oxygens (including phenoxy) is 1. The van der Waals surface area contributed by atoms with Gasteiger partial charge in [-0.3, -0.25) is 9.59 Å². The van der Waals surface area contributed by atoms with Gasteiger partial charge in [0, 0.05) is 44.2 Å². The molecule has 9 nitrogen and oxygen atoms in total. The molecule has 2 aliphatic rings. The third kappa shape index (κ3) is 5.50. The summed E-state index contributed by atoms with van der Waals surface area (Å²) in [6.45, 7) is 3.29. The highest BCUT2D eigenvalue weighted by Gasteiger charge is 2.27. The van der Waals surface area contributed by atoms with Crippen LogP contribution in [0.3, 0.4) is 0 Å². The van der Waals surface area contributed by atoms with Crippen LogP contribution < -0.4 is 20.9 Å². The van der Waals surface area contributed by atoms with Crippen LogP contribution in [-0.2, 0) is 17.8 Å². The van der Waals surface area contributed by atoms with Gasteiger partial charge in [-0.2, -0.15) is 0 Å². The fourth-order valence-electron chi connectivity index (χ4n) is 4.67. The van der Waals surface area contributed by atoms with Crippen molar-refractivity contribution in [3.05, 3.63) is 63.8 Å². The minimum Gasteiger partial charge on any atom is -0.480 e. The first-order chi connectivity index (χ1) is 16.9. The van der Waals surface area contributed by atoms with Gasteiger partial charge in [-0.1, -0.05) is 0 Å². The van der Waals surface area contributed by atoms with E-state index < -0.39 is 6.10 Å². The van der Waals surface area contributed by atoms with Crippen LogP contribution in [0.25, 0.3) is 10.9 Å². The lowest BCUT2D eigenvalue weighted by molar-refractivity contribution is -0.118. The number of piperidine rings is 1. The highest BCUT2D eigenvalue weighted by atomic mass is 19.1. The van der Waals surface area contributed by atoms with Crippen LogP contribution in [-0.4, -0.2) is 64.8 Å². The van der Waals surface area contributed by atoms with Gasteiger partial charge >= 0.3 is 0 Å². The number of hydrogen-bond donors (Lipinski definition) is 4. The van der Waals surface area contributed by atoms with Gasteiger partial charge in [-0.15, -0.1) is 0 Å². The molecule has 1 fully saturated rings. The number of nitrogens with zero attached hydrogens (tertiary/aromatic N) is 2. The summed E-state index contributed by atoms with van der Waals surface area (Å²) < 4.78 is 18.8. The number of amides is 1. The van der Waals surface area contributed by atoms with Crippen LogP contribution in [0.15, 0.2) is 41.2 Å². The van der Waals surface area contributed by atoms with Gasteiger partial charge in [0.1, 0.15) is 5.82 Å². The van der Waals surface area contributed by atoms with Crippen molar-refractivity contribution >= 4 is 22.6 Å². The van der Waals surface area contributed by atoms with Gasteiger partial charge in [0.2, 0.25) is 0 Å². The third-order valence-electron chi connectivity index (χ3n) is 6.61. The van der Waals surface area contributed by atoms with Crippen molar-refractivity contribution < 1.29 is 19.0 Å². The number of aliphatic hydroxyl groups is 1. The van der Waals surface area contributed by atoms with Crippen molar-refractivity contribution in [1.29, 1.82) is 0 Å². The second kappa shape index (κ2) is 10.1. The standard InChI is InChI=1S/C25H28FN5O4/c26-18-2-1-15-9-16(25(34)29-20(15)10-18)5-7-31-8-6-21(32)17(13-31)11-27-12-19-3-4-22-24(28-19)30-23(33)14-35-22/h1-4,9-10,17,21,27,32H,5-8,11-14H2,(H,29,34)(H,28,30,33)/t17-,21+/m1/s1. The van der Waals surface area contributed by atoms with Crippen molar-refractivity contribution in [3.63, 3.8) is 0 Å². The summed E-state index contributed by atoms with van der Waals surface area (Å²) in [5.41, 5.74) is 1.73. The molecule has 0 unspecified atom stereocenters. The van der Waals surface area contributed by atoms with E-state index >= 15 is 0 Å². The number of pyridine rings is 2. The predicted molar refractivity (Wildman–Crippen MR) is 129 cm³/mol. The number of carbonyl (C=O) groups is 1. The largest absolute Gasteiger partial charge is 0.480 e. The smallest absolute Gasteiger partial charge is 0.263 e. The molecule has 5 rings (SSSR count). The highest BCUT2D eigenvalue weighted by molar-refractivity contribution is 5.94. The summed E-state index contributed by atoms with van der Waals surface area (Å²) in [4.78, 5) is 33.4. The van der Waals surface area contributed by atoms with Gasteiger partial charge in [0.05, 0.1) is 17.3 Å². The average molecular weight is 482 g/mol.